The highest BCUT2D eigenvalue weighted by Crippen LogP contribution is 2.38. The molecule has 0 bridgehead atoms. The molecule has 0 saturated carbocycles. The van der Waals surface area contributed by atoms with Gasteiger partial charge in [-0.2, -0.15) is 0 Å². The summed E-state index contributed by atoms with van der Waals surface area (Å²) in [5.41, 5.74) is 0.812. The summed E-state index contributed by atoms with van der Waals surface area (Å²) in [6, 6.07) is 5.78. The Hall–Kier alpha value is -1.95. The van der Waals surface area contributed by atoms with Gasteiger partial charge in [-0.25, -0.2) is 4.39 Å². The summed E-state index contributed by atoms with van der Waals surface area (Å²) in [5, 5.41) is 0. The topological polar surface area (TPSA) is 43.9 Å². The van der Waals surface area contributed by atoms with Gasteiger partial charge < -0.3 is 14.7 Å². The summed E-state index contributed by atoms with van der Waals surface area (Å²) in [5.74, 6) is -0.707. The third-order valence-electron chi connectivity index (χ3n) is 4.93. The number of hydrogen-bond acceptors (Lipinski definition) is 3. The Kier molecular flexibility index (Phi) is 4.35. The molecule has 1 aromatic carbocycles. The van der Waals surface area contributed by atoms with Crippen LogP contribution in [0.1, 0.15) is 18.0 Å². The largest absolute Gasteiger partial charge is 0.340 e. The van der Waals surface area contributed by atoms with Crippen molar-refractivity contribution in [2.75, 3.05) is 40.3 Å². The molecular weight excluding hydrogens is 297 g/mol. The number of nitrogens with zero attached hydrogens (tertiary/aromatic N) is 3. The highest BCUT2D eigenvalue weighted by atomic mass is 19.1. The fourth-order valence-corrected chi connectivity index (χ4v) is 3.47. The van der Waals surface area contributed by atoms with Gasteiger partial charge in [-0.1, -0.05) is 12.1 Å². The van der Waals surface area contributed by atoms with E-state index in [1.165, 1.54) is 12.1 Å². The molecule has 0 spiro atoms. The maximum absolute atomic E-state index is 13.2. The Morgan fingerprint density at radius 1 is 1.09 bits per heavy atom. The van der Waals surface area contributed by atoms with Crippen LogP contribution in [0.5, 0.6) is 0 Å². The van der Waals surface area contributed by atoms with Crippen molar-refractivity contribution < 1.29 is 14.0 Å². The zero-order valence-corrected chi connectivity index (χ0v) is 13.5. The molecule has 2 amide bonds. The number of carbonyl (C=O) groups is 2. The first-order chi connectivity index (χ1) is 11.0. The normalized spacial score (nSPS) is 26.0. The number of halogens is 1. The Balaban J connectivity index is 1.82. The SMILES string of the molecule is CN1CCN(C(=O)[C@H]2CC(=O)N(C)[C@H]2c2ccc(F)cc2)CC1. The van der Waals surface area contributed by atoms with Crippen LogP contribution in [-0.2, 0) is 9.59 Å². The van der Waals surface area contributed by atoms with Crippen LogP contribution >= 0.6 is 0 Å². The molecule has 2 fully saturated rings. The lowest BCUT2D eigenvalue weighted by Crippen LogP contribution is -2.49. The Morgan fingerprint density at radius 3 is 2.30 bits per heavy atom. The number of likely N-dealkylation sites (N-methyl/N-ethyl adjacent to an activating group) is 1. The van der Waals surface area contributed by atoms with Crippen LogP contribution in [0, 0.1) is 11.7 Å². The lowest BCUT2D eigenvalue weighted by atomic mass is 9.92. The second-order valence-electron chi connectivity index (χ2n) is 6.44. The zero-order valence-electron chi connectivity index (χ0n) is 13.5. The highest BCUT2D eigenvalue weighted by Gasteiger charge is 2.44. The first kappa shape index (κ1) is 15.9. The van der Waals surface area contributed by atoms with Gasteiger partial charge in [0, 0.05) is 39.6 Å². The Labute approximate surface area is 135 Å². The number of piperazine rings is 1. The van der Waals surface area contributed by atoms with E-state index >= 15 is 0 Å². The van der Waals surface area contributed by atoms with Crippen molar-refractivity contribution in [1.29, 1.82) is 0 Å². The van der Waals surface area contributed by atoms with E-state index in [-0.39, 0.29) is 36.0 Å². The fourth-order valence-electron chi connectivity index (χ4n) is 3.47. The summed E-state index contributed by atoms with van der Waals surface area (Å²) in [4.78, 5) is 30.7. The molecule has 0 N–H and O–H groups in total. The van der Waals surface area contributed by atoms with Crippen molar-refractivity contribution in [1.82, 2.24) is 14.7 Å². The van der Waals surface area contributed by atoms with Gasteiger partial charge in [0.05, 0.1) is 12.0 Å². The van der Waals surface area contributed by atoms with E-state index in [1.54, 1.807) is 24.1 Å². The maximum Gasteiger partial charge on any atom is 0.228 e. The molecule has 2 heterocycles. The summed E-state index contributed by atoms with van der Waals surface area (Å²) >= 11 is 0. The predicted molar refractivity (Wildman–Crippen MR) is 84.1 cm³/mol. The van der Waals surface area contributed by atoms with Crippen molar-refractivity contribution in [3.05, 3.63) is 35.6 Å². The van der Waals surface area contributed by atoms with Gasteiger partial charge in [-0.3, -0.25) is 9.59 Å². The van der Waals surface area contributed by atoms with E-state index < -0.39 is 0 Å². The number of rotatable bonds is 2. The summed E-state index contributed by atoms with van der Waals surface area (Å²) in [7, 11) is 3.75. The minimum Gasteiger partial charge on any atom is -0.340 e. The van der Waals surface area contributed by atoms with Crippen LogP contribution in [-0.4, -0.2) is 66.8 Å². The number of hydrogen-bond donors (Lipinski definition) is 0. The first-order valence-electron chi connectivity index (χ1n) is 7.96. The lowest BCUT2D eigenvalue weighted by Gasteiger charge is -2.35. The van der Waals surface area contributed by atoms with Crippen LogP contribution in [0.2, 0.25) is 0 Å². The minimum absolute atomic E-state index is 0.0325. The van der Waals surface area contributed by atoms with Crippen molar-refractivity contribution >= 4 is 11.8 Å². The molecule has 124 valence electrons. The molecule has 6 heteroatoms. The van der Waals surface area contributed by atoms with Crippen molar-refractivity contribution in [2.45, 2.75) is 12.5 Å². The third-order valence-corrected chi connectivity index (χ3v) is 4.93. The first-order valence-corrected chi connectivity index (χ1v) is 7.96. The maximum atomic E-state index is 13.2. The number of benzene rings is 1. The molecular formula is C17H22FN3O2. The molecule has 0 aromatic heterocycles. The molecule has 3 rings (SSSR count). The van der Waals surface area contributed by atoms with E-state index in [0.717, 1.165) is 18.7 Å². The minimum atomic E-state index is -0.388. The molecule has 1 aromatic rings. The van der Waals surface area contributed by atoms with Gasteiger partial charge >= 0.3 is 0 Å². The second kappa shape index (κ2) is 6.28. The predicted octanol–water partition coefficient (Wildman–Crippen LogP) is 1.12. The lowest BCUT2D eigenvalue weighted by molar-refractivity contribution is -0.138. The Morgan fingerprint density at radius 2 is 1.70 bits per heavy atom. The quantitative estimate of drug-likeness (QED) is 0.820. The van der Waals surface area contributed by atoms with Crippen LogP contribution in [0.3, 0.4) is 0 Å². The average Bonchev–Trinajstić information content (AvgIpc) is 2.84. The molecule has 2 saturated heterocycles. The molecule has 0 aliphatic carbocycles. The number of amides is 2. The Bertz CT molecular complexity index is 596. The van der Waals surface area contributed by atoms with E-state index in [9.17, 15) is 14.0 Å². The summed E-state index contributed by atoms with van der Waals surface area (Å²) < 4.78 is 13.2. The highest BCUT2D eigenvalue weighted by molar-refractivity contribution is 5.90. The smallest absolute Gasteiger partial charge is 0.228 e. The molecule has 2 aliphatic rings. The standard InChI is InChI=1S/C17H22FN3O2/c1-19-7-9-21(10-8-19)17(23)14-11-15(22)20(2)16(14)12-3-5-13(18)6-4-12/h3-6,14,16H,7-11H2,1-2H3/t14-,16-/m0/s1. The van der Waals surface area contributed by atoms with E-state index in [2.05, 4.69) is 4.90 Å². The average molecular weight is 319 g/mol. The molecule has 2 atom stereocenters. The van der Waals surface area contributed by atoms with Gasteiger partial charge in [-0.05, 0) is 24.7 Å². The van der Waals surface area contributed by atoms with Crippen LogP contribution in [0.15, 0.2) is 24.3 Å². The van der Waals surface area contributed by atoms with Crippen LogP contribution < -0.4 is 0 Å². The fraction of sp³-hybridized carbons (Fsp3) is 0.529. The van der Waals surface area contributed by atoms with E-state index in [4.69, 9.17) is 0 Å². The monoisotopic (exact) mass is 319 g/mol. The molecule has 23 heavy (non-hydrogen) atoms. The van der Waals surface area contributed by atoms with Crippen molar-refractivity contribution in [2.24, 2.45) is 5.92 Å². The van der Waals surface area contributed by atoms with Gasteiger partial charge in [0.2, 0.25) is 11.8 Å². The summed E-state index contributed by atoms with van der Waals surface area (Å²) in [6.45, 7) is 3.09. The van der Waals surface area contributed by atoms with E-state index in [0.29, 0.717) is 13.1 Å². The van der Waals surface area contributed by atoms with Gasteiger partial charge in [0.1, 0.15) is 5.82 Å². The van der Waals surface area contributed by atoms with Crippen molar-refractivity contribution in [3.63, 3.8) is 0 Å². The van der Waals surface area contributed by atoms with Crippen LogP contribution in [0.4, 0.5) is 4.39 Å². The van der Waals surface area contributed by atoms with Gasteiger partial charge in [-0.15, -0.1) is 0 Å². The van der Waals surface area contributed by atoms with Gasteiger partial charge in [0.15, 0.2) is 0 Å². The number of carbonyl (C=O) groups excluding carboxylic acids is 2. The third kappa shape index (κ3) is 3.08. The van der Waals surface area contributed by atoms with Crippen LogP contribution in [0.25, 0.3) is 0 Å². The zero-order chi connectivity index (χ0) is 16.6. The van der Waals surface area contributed by atoms with Gasteiger partial charge in [0.25, 0.3) is 0 Å². The van der Waals surface area contributed by atoms with E-state index in [1.807, 2.05) is 11.9 Å². The molecule has 5 nitrogen and oxygen atoms in total. The number of likely N-dealkylation sites (tertiary alicyclic amines) is 1. The second-order valence-corrected chi connectivity index (χ2v) is 6.44. The molecule has 0 radical (unpaired) electrons. The van der Waals surface area contributed by atoms with Crippen molar-refractivity contribution in [3.8, 4) is 0 Å². The molecule has 0 unspecified atom stereocenters. The molecule has 2 aliphatic heterocycles. The summed E-state index contributed by atoms with van der Waals surface area (Å²) in [6.07, 6.45) is 0.226.